The van der Waals surface area contributed by atoms with Gasteiger partial charge in [-0.3, -0.25) is 9.69 Å². The molecule has 0 saturated carbocycles. The Balaban J connectivity index is 3.11. The number of nitrogens with one attached hydrogen (secondary N) is 1. The van der Waals surface area contributed by atoms with E-state index in [2.05, 4.69) is 10.1 Å². The highest BCUT2D eigenvalue weighted by molar-refractivity contribution is 5.92. The van der Waals surface area contributed by atoms with Crippen LogP contribution < -0.4 is 5.32 Å². The van der Waals surface area contributed by atoms with Gasteiger partial charge in [0.05, 0.1) is 20.8 Å². The number of rotatable bonds is 4. The maximum Gasteiger partial charge on any atom is 0.411 e. The summed E-state index contributed by atoms with van der Waals surface area (Å²) >= 11 is 0. The van der Waals surface area contributed by atoms with E-state index in [0.717, 1.165) is 5.57 Å². The molecule has 3 amide bonds. The number of carbonyl (C=O) groups excluding carboxylic acids is 4. The minimum Gasteiger partial charge on any atom is -0.467 e. The monoisotopic (exact) mass is 399 g/mol. The second-order valence-electron chi connectivity index (χ2n) is 7.55. The highest BCUT2D eigenvalue weighted by atomic mass is 16.6. The van der Waals surface area contributed by atoms with E-state index < -0.39 is 41.7 Å². The molecule has 0 aromatic heterocycles. The molecule has 0 radical (unpaired) electrons. The third kappa shape index (κ3) is 6.43. The molecule has 10 heteroatoms. The summed E-state index contributed by atoms with van der Waals surface area (Å²) in [6, 6.07) is -2.08. The van der Waals surface area contributed by atoms with Gasteiger partial charge < -0.3 is 24.4 Å². The zero-order valence-corrected chi connectivity index (χ0v) is 17.4. The van der Waals surface area contributed by atoms with Gasteiger partial charge in [-0.1, -0.05) is 11.6 Å². The van der Waals surface area contributed by atoms with Crippen molar-refractivity contribution in [1.82, 2.24) is 15.1 Å². The number of amides is 3. The van der Waals surface area contributed by atoms with Crippen molar-refractivity contribution in [2.75, 3.05) is 27.4 Å². The average Bonchev–Trinajstić information content (AvgIpc) is 3.03. The van der Waals surface area contributed by atoms with Gasteiger partial charge in [-0.2, -0.15) is 0 Å². The first kappa shape index (κ1) is 23.3. The summed E-state index contributed by atoms with van der Waals surface area (Å²) in [5, 5.41) is 2.42. The van der Waals surface area contributed by atoms with Crippen molar-refractivity contribution in [2.45, 2.75) is 52.3 Å². The Kier molecular flexibility index (Phi) is 7.83. The van der Waals surface area contributed by atoms with Crippen molar-refractivity contribution in [3.63, 3.8) is 0 Å². The van der Waals surface area contributed by atoms with E-state index in [1.807, 2.05) is 0 Å². The molecule has 10 nitrogen and oxygen atoms in total. The first-order valence-electron chi connectivity index (χ1n) is 8.75. The summed E-state index contributed by atoms with van der Waals surface area (Å²) in [5.41, 5.74) is 0.0410. The first-order chi connectivity index (χ1) is 12.9. The summed E-state index contributed by atoms with van der Waals surface area (Å²) in [6.07, 6.45) is 0.0778. The predicted molar refractivity (Wildman–Crippen MR) is 99.2 cm³/mol. The molecule has 1 rings (SSSR count). The minimum atomic E-state index is -1.07. The van der Waals surface area contributed by atoms with Crippen LogP contribution in [0.1, 0.15) is 34.6 Å². The molecule has 1 aliphatic rings. The predicted octanol–water partition coefficient (Wildman–Crippen LogP) is 1.26. The Morgan fingerprint density at radius 2 is 1.71 bits per heavy atom. The Bertz CT molecular complexity index is 650. The van der Waals surface area contributed by atoms with Crippen molar-refractivity contribution in [3.8, 4) is 0 Å². The lowest BCUT2D eigenvalue weighted by molar-refractivity contribution is -0.150. The molecular weight excluding hydrogens is 370 g/mol. The van der Waals surface area contributed by atoms with Crippen LogP contribution in [0.2, 0.25) is 0 Å². The molecule has 2 atom stereocenters. The summed E-state index contributed by atoms with van der Waals surface area (Å²) < 4.78 is 14.6. The molecule has 0 spiro atoms. The molecule has 0 aliphatic carbocycles. The van der Waals surface area contributed by atoms with E-state index in [4.69, 9.17) is 9.47 Å². The number of alkyl carbamates (subject to hydrolysis) is 1. The molecule has 0 aromatic rings. The smallest absolute Gasteiger partial charge is 0.411 e. The first-order valence-corrected chi connectivity index (χ1v) is 8.75. The maximum atomic E-state index is 13.0. The fourth-order valence-electron chi connectivity index (χ4n) is 2.54. The average molecular weight is 399 g/mol. The van der Waals surface area contributed by atoms with Crippen molar-refractivity contribution in [3.05, 3.63) is 11.6 Å². The third-order valence-electron chi connectivity index (χ3n) is 3.73. The third-order valence-corrected chi connectivity index (χ3v) is 3.73. The van der Waals surface area contributed by atoms with Crippen LogP contribution in [-0.2, 0) is 23.8 Å². The molecule has 2 unspecified atom stereocenters. The van der Waals surface area contributed by atoms with Crippen molar-refractivity contribution in [1.29, 1.82) is 0 Å². The topological polar surface area (TPSA) is 114 Å². The van der Waals surface area contributed by atoms with E-state index in [1.54, 1.807) is 34.6 Å². The van der Waals surface area contributed by atoms with Gasteiger partial charge in [0.2, 0.25) is 0 Å². The van der Waals surface area contributed by atoms with E-state index in [1.165, 1.54) is 30.1 Å². The van der Waals surface area contributed by atoms with Crippen LogP contribution in [0.4, 0.5) is 9.59 Å². The second-order valence-corrected chi connectivity index (χ2v) is 7.55. The van der Waals surface area contributed by atoms with Gasteiger partial charge in [-0.15, -0.1) is 0 Å². The largest absolute Gasteiger partial charge is 0.467 e. The lowest BCUT2D eigenvalue weighted by Gasteiger charge is -2.26. The summed E-state index contributed by atoms with van der Waals surface area (Å²) in [6.45, 7) is 8.41. The van der Waals surface area contributed by atoms with Gasteiger partial charge in [-0.05, 0) is 34.6 Å². The van der Waals surface area contributed by atoms with Crippen molar-refractivity contribution in [2.24, 2.45) is 0 Å². The molecule has 0 bridgehead atoms. The summed E-state index contributed by atoms with van der Waals surface area (Å²) in [7, 11) is 2.37. The number of hydrogen-bond donors (Lipinski definition) is 1. The highest BCUT2D eigenvalue weighted by Crippen LogP contribution is 2.20. The van der Waals surface area contributed by atoms with E-state index in [0.29, 0.717) is 0 Å². The number of esters is 1. The number of carbonyl (C=O) groups is 4. The van der Waals surface area contributed by atoms with Gasteiger partial charge in [0.25, 0.3) is 5.91 Å². The minimum absolute atomic E-state index is 0.0763. The summed E-state index contributed by atoms with van der Waals surface area (Å²) in [4.78, 5) is 51.6. The van der Waals surface area contributed by atoms with Gasteiger partial charge >= 0.3 is 18.2 Å². The van der Waals surface area contributed by atoms with Crippen molar-refractivity contribution < 1.29 is 33.4 Å². The van der Waals surface area contributed by atoms with Gasteiger partial charge in [0, 0.05) is 0 Å². The van der Waals surface area contributed by atoms with Gasteiger partial charge in [-0.25, -0.2) is 14.4 Å². The molecule has 1 fully saturated rings. The number of nitrogens with zero attached hydrogens (tertiary/aromatic N) is 2. The van der Waals surface area contributed by atoms with Gasteiger partial charge in [0.15, 0.2) is 0 Å². The molecule has 158 valence electrons. The quantitative estimate of drug-likeness (QED) is 0.430. The van der Waals surface area contributed by atoms with Crippen LogP contribution in [0.25, 0.3) is 0 Å². The van der Waals surface area contributed by atoms with Crippen LogP contribution in [0.3, 0.4) is 0 Å². The second kappa shape index (κ2) is 9.43. The number of ether oxygens (including phenoxy) is 3. The fraction of sp³-hybridized carbons (Fsp3) is 0.667. The zero-order valence-electron chi connectivity index (χ0n) is 17.4. The highest BCUT2D eigenvalue weighted by Gasteiger charge is 2.44. The Labute approximate surface area is 164 Å². The summed E-state index contributed by atoms with van der Waals surface area (Å²) in [5.74, 6) is -1.25. The molecule has 1 aliphatic heterocycles. The maximum absolute atomic E-state index is 13.0. The number of allylic oxidation sites excluding steroid dienone is 1. The van der Waals surface area contributed by atoms with Crippen molar-refractivity contribution >= 4 is 24.1 Å². The molecule has 0 aromatic carbocycles. The Hall–Kier alpha value is -2.78. The van der Waals surface area contributed by atoms with Crippen LogP contribution in [0.5, 0.6) is 0 Å². The molecule has 28 heavy (non-hydrogen) atoms. The number of hydrogen-bond acceptors (Lipinski definition) is 7. The fourth-order valence-corrected chi connectivity index (χ4v) is 2.54. The molecule has 1 saturated heterocycles. The lowest BCUT2D eigenvalue weighted by Crippen LogP contribution is -2.52. The van der Waals surface area contributed by atoms with Crippen LogP contribution >= 0.6 is 0 Å². The van der Waals surface area contributed by atoms with E-state index in [-0.39, 0.29) is 13.2 Å². The zero-order chi connectivity index (χ0) is 21.6. The molecule has 1 N–H and O–H groups in total. The molecule has 1 heterocycles. The van der Waals surface area contributed by atoms with Crippen LogP contribution in [0.15, 0.2) is 11.6 Å². The lowest BCUT2D eigenvalue weighted by atomic mass is 10.1. The standard InChI is InChI=1S/C18H29N3O7/c1-11(2)8-12(19-16(24)27-7)14(22)21-10-20(9-13(21)15(23)26-6)17(25)28-18(3,4)5/h8,12-13H,9-10H2,1-7H3,(H,19,24). The van der Waals surface area contributed by atoms with Gasteiger partial charge in [0.1, 0.15) is 24.4 Å². The number of methoxy groups -OCH3 is 2. The van der Waals surface area contributed by atoms with E-state index in [9.17, 15) is 19.2 Å². The van der Waals surface area contributed by atoms with Crippen LogP contribution in [-0.4, -0.2) is 79.0 Å². The Morgan fingerprint density at radius 1 is 1.11 bits per heavy atom. The SMILES string of the molecule is COC(=O)NC(C=C(C)C)C(=O)N1CN(C(=O)OC(C)(C)C)CC1C(=O)OC. The Morgan fingerprint density at radius 3 is 2.18 bits per heavy atom. The molecular formula is C18H29N3O7. The van der Waals surface area contributed by atoms with Crippen LogP contribution in [0, 0.1) is 0 Å². The van der Waals surface area contributed by atoms with E-state index >= 15 is 0 Å². The normalized spacial score (nSPS) is 17.5.